The third-order valence-corrected chi connectivity index (χ3v) is 5.84. The maximum atomic E-state index is 3.85. The SMILES string of the molecule is C=CCSc1ccccc1NC1CCCC1C1CCCN1. The zero-order valence-electron chi connectivity index (χ0n) is 12.7. The van der Waals surface area contributed by atoms with E-state index < -0.39 is 0 Å². The minimum absolute atomic E-state index is 0.631. The van der Waals surface area contributed by atoms with Crippen LogP contribution in [0.2, 0.25) is 0 Å². The van der Waals surface area contributed by atoms with E-state index in [1.54, 1.807) is 0 Å². The number of rotatable bonds is 6. The molecule has 0 amide bonds. The Labute approximate surface area is 132 Å². The smallest absolute Gasteiger partial charge is 0.0480 e. The van der Waals surface area contributed by atoms with Gasteiger partial charge in [0.1, 0.15) is 0 Å². The first-order valence-corrected chi connectivity index (χ1v) is 9.19. The monoisotopic (exact) mass is 302 g/mol. The van der Waals surface area contributed by atoms with Gasteiger partial charge in [0.15, 0.2) is 0 Å². The largest absolute Gasteiger partial charge is 0.381 e. The molecule has 0 aromatic heterocycles. The van der Waals surface area contributed by atoms with Crippen LogP contribution < -0.4 is 10.6 Å². The molecule has 2 nitrogen and oxygen atoms in total. The highest BCUT2D eigenvalue weighted by Gasteiger charge is 2.35. The van der Waals surface area contributed by atoms with Crippen LogP contribution in [0.1, 0.15) is 32.1 Å². The van der Waals surface area contributed by atoms with E-state index >= 15 is 0 Å². The molecule has 1 aliphatic heterocycles. The summed E-state index contributed by atoms with van der Waals surface area (Å²) in [6.07, 6.45) is 8.72. The molecule has 3 atom stereocenters. The molecule has 1 aliphatic carbocycles. The van der Waals surface area contributed by atoms with Crippen LogP contribution in [0.4, 0.5) is 5.69 Å². The number of nitrogens with one attached hydrogen (secondary N) is 2. The number of anilines is 1. The first-order chi connectivity index (χ1) is 10.4. The van der Waals surface area contributed by atoms with Crippen LogP contribution in [0.25, 0.3) is 0 Å². The van der Waals surface area contributed by atoms with Gasteiger partial charge in [-0.25, -0.2) is 0 Å². The minimum Gasteiger partial charge on any atom is -0.381 e. The number of benzene rings is 1. The molecular formula is C18H26N2S. The van der Waals surface area contributed by atoms with Crippen LogP contribution in [0.3, 0.4) is 0 Å². The van der Waals surface area contributed by atoms with Crippen molar-refractivity contribution in [2.45, 2.75) is 49.1 Å². The van der Waals surface area contributed by atoms with Gasteiger partial charge in [-0.1, -0.05) is 24.6 Å². The number of para-hydroxylation sites is 1. The molecule has 0 spiro atoms. The van der Waals surface area contributed by atoms with Crippen LogP contribution in [0, 0.1) is 5.92 Å². The van der Waals surface area contributed by atoms with E-state index in [9.17, 15) is 0 Å². The maximum absolute atomic E-state index is 3.85. The predicted octanol–water partition coefficient (Wildman–Crippen LogP) is 4.30. The van der Waals surface area contributed by atoms with Gasteiger partial charge in [0.05, 0.1) is 0 Å². The Morgan fingerprint density at radius 1 is 1.24 bits per heavy atom. The molecule has 0 bridgehead atoms. The van der Waals surface area contributed by atoms with Crippen LogP contribution in [-0.4, -0.2) is 24.4 Å². The molecule has 2 N–H and O–H groups in total. The van der Waals surface area contributed by atoms with Crippen LogP contribution in [0.15, 0.2) is 41.8 Å². The first-order valence-electron chi connectivity index (χ1n) is 8.21. The van der Waals surface area contributed by atoms with Gasteiger partial charge in [0.25, 0.3) is 0 Å². The quantitative estimate of drug-likeness (QED) is 0.605. The highest BCUT2D eigenvalue weighted by atomic mass is 32.2. The third kappa shape index (κ3) is 3.64. The first kappa shape index (κ1) is 15.0. The lowest BCUT2D eigenvalue weighted by molar-refractivity contribution is 0.376. The van der Waals surface area contributed by atoms with Gasteiger partial charge in [-0.2, -0.15) is 0 Å². The van der Waals surface area contributed by atoms with Gasteiger partial charge in [-0.05, 0) is 50.3 Å². The van der Waals surface area contributed by atoms with Crippen molar-refractivity contribution in [1.82, 2.24) is 5.32 Å². The second kappa shape index (κ2) is 7.37. The molecule has 1 aromatic rings. The fraction of sp³-hybridized carbons (Fsp3) is 0.556. The lowest BCUT2D eigenvalue weighted by Crippen LogP contribution is -2.38. The molecule has 0 radical (unpaired) electrons. The molecule has 2 aliphatic rings. The fourth-order valence-electron chi connectivity index (χ4n) is 3.79. The maximum Gasteiger partial charge on any atom is 0.0480 e. The normalized spacial score (nSPS) is 28.7. The van der Waals surface area contributed by atoms with Gasteiger partial charge in [0, 0.05) is 28.4 Å². The highest BCUT2D eigenvalue weighted by Crippen LogP contribution is 2.36. The van der Waals surface area contributed by atoms with E-state index in [1.165, 1.54) is 49.2 Å². The van der Waals surface area contributed by atoms with Crippen LogP contribution in [0.5, 0.6) is 0 Å². The number of thioether (sulfide) groups is 1. The van der Waals surface area contributed by atoms with Gasteiger partial charge in [0.2, 0.25) is 0 Å². The summed E-state index contributed by atoms with van der Waals surface area (Å²) in [5.41, 5.74) is 1.30. The van der Waals surface area contributed by atoms with E-state index in [4.69, 9.17) is 0 Å². The zero-order chi connectivity index (χ0) is 14.5. The van der Waals surface area contributed by atoms with E-state index in [0.29, 0.717) is 6.04 Å². The Morgan fingerprint density at radius 2 is 2.14 bits per heavy atom. The molecule has 1 heterocycles. The summed E-state index contributed by atoms with van der Waals surface area (Å²) in [6, 6.07) is 10.1. The lowest BCUT2D eigenvalue weighted by Gasteiger charge is -2.28. The Kier molecular flexibility index (Phi) is 5.26. The Balaban J connectivity index is 1.68. The topological polar surface area (TPSA) is 24.1 Å². The summed E-state index contributed by atoms with van der Waals surface area (Å²) in [5, 5.41) is 7.55. The predicted molar refractivity (Wildman–Crippen MR) is 93.1 cm³/mol. The second-order valence-corrected chi connectivity index (χ2v) is 7.21. The molecule has 1 saturated heterocycles. The molecule has 114 valence electrons. The van der Waals surface area contributed by atoms with E-state index in [2.05, 4.69) is 41.5 Å². The van der Waals surface area contributed by atoms with Gasteiger partial charge in [-0.3, -0.25) is 0 Å². The van der Waals surface area contributed by atoms with Crippen molar-refractivity contribution in [3.8, 4) is 0 Å². The van der Waals surface area contributed by atoms with E-state index in [-0.39, 0.29) is 0 Å². The van der Waals surface area contributed by atoms with Gasteiger partial charge >= 0.3 is 0 Å². The van der Waals surface area contributed by atoms with Crippen LogP contribution >= 0.6 is 11.8 Å². The molecule has 21 heavy (non-hydrogen) atoms. The second-order valence-electron chi connectivity index (χ2n) is 6.14. The summed E-state index contributed by atoms with van der Waals surface area (Å²) in [7, 11) is 0. The number of hydrogen-bond acceptors (Lipinski definition) is 3. The standard InChI is InChI=1S/C18H26N2S/c1-2-13-21-18-11-4-3-8-17(18)20-16-9-5-7-14(16)15-10-6-12-19-15/h2-4,8,11,14-16,19-20H,1,5-7,9-10,12-13H2. The summed E-state index contributed by atoms with van der Waals surface area (Å²) < 4.78 is 0. The molecular weight excluding hydrogens is 276 g/mol. The Morgan fingerprint density at radius 3 is 2.95 bits per heavy atom. The Bertz CT molecular complexity index is 468. The van der Waals surface area contributed by atoms with Crippen molar-refractivity contribution in [3.63, 3.8) is 0 Å². The van der Waals surface area contributed by atoms with E-state index in [1.807, 2.05) is 17.8 Å². The summed E-state index contributed by atoms with van der Waals surface area (Å²) in [4.78, 5) is 1.35. The van der Waals surface area contributed by atoms with Crippen molar-refractivity contribution in [2.24, 2.45) is 5.92 Å². The molecule has 2 fully saturated rings. The van der Waals surface area contributed by atoms with Gasteiger partial charge < -0.3 is 10.6 Å². The van der Waals surface area contributed by atoms with Crippen molar-refractivity contribution >= 4 is 17.4 Å². The van der Waals surface area contributed by atoms with Crippen molar-refractivity contribution in [3.05, 3.63) is 36.9 Å². The van der Waals surface area contributed by atoms with Crippen molar-refractivity contribution in [1.29, 1.82) is 0 Å². The molecule has 3 rings (SSSR count). The van der Waals surface area contributed by atoms with E-state index in [0.717, 1.165) is 17.7 Å². The summed E-state index contributed by atoms with van der Waals surface area (Å²) in [5.74, 6) is 1.77. The zero-order valence-corrected chi connectivity index (χ0v) is 13.5. The summed E-state index contributed by atoms with van der Waals surface area (Å²) >= 11 is 1.87. The molecule has 1 saturated carbocycles. The molecule has 3 unspecified atom stereocenters. The molecule has 3 heteroatoms. The van der Waals surface area contributed by atoms with Gasteiger partial charge in [-0.15, -0.1) is 18.3 Å². The number of hydrogen-bond donors (Lipinski definition) is 2. The fourth-order valence-corrected chi connectivity index (χ4v) is 4.54. The third-order valence-electron chi connectivity index (χ3n) is 4.77. The Hall–Kier alpha value is -0.930. The lowest BCUT2D eigenvalue weighted by atomic mass is 9.93. The highest BCUT2D eigenvalue weighted by molar-refractivity contribution is 7.99. The minimum atomic E-state index is 0.631. The average Bonchev–Trinajstić information content (AvgIpc) is 3.17. The average molecular weight is 302 g/mol. The van der Waals surface area contributed by atoms with Crippen molar-refractivity contribution in [2.75, 3.05) is 17.6 Å². The molecule has 1 aromatic carbocycles. The van der Waals surface area contributed by atoms with Crippen LogP contribution in [-0.2, 0) is 0 Å². The van der Waals surface area contributed by atoms with Crippen molar-refractivity contribution < 1.29 is 0 Å². The summed E-state index contributed by atoms with van der Waals surface area (Å²) in [6.45, 7) is 5.03.